The van der Waals surface area contributed by atoms with E-state index in [1.165, 1.54) is 5.56 Å². The maximum atomic E-state index is 12.3. The third-order valence-electron chi connectivity index (χ3n) is 3.58. The predicted octanol–water partition coefficient (Wildman–Crippen LogP) is 3.13. The molecule has 1 heterocycles. The average Bonchev–Trinajstić information content (AvgIpc) is 2.64. The van der Waals surface area contributed by atoms with E-state index >= 15 is 0 Å². The van der Waals surface area contributed by atoms with Gasteiger partial charge in [-0.25, -0.2) is 0 Å². The van der Waals surface area contributed by atoms with Gasteiger partial charge in [0.2, 0.25) is 5.91 Å². The highest BCUT2D eigenvalue weighted by atomic mass is 16.2. The number of unbranched alkanes of at least 4 members (excludes halogenated alkanes) is 2. The van der Waals surface area contributed by atoms with Gasteiger partial charge in [-0.3, -0.25) is 4.79 Å². The van der Waals surface area contributed by atoms with E-state index in [4.69, 9.17) is 5.73 Å². The molecule has 2 rings (SSSR count). The Balaban J connectivity index is 2.12. The molecule has 0 aromatic heterocycles. The Morgan fingerprint density at radius 2 is 2.22 bits per heavy atom. The number of fused-ring (bicyclic) bond motifs is 1. The van der Waals surface area contributed by atoms with Gasteiger partial charge in [-0.1, -0.05) is 19.8 Å². The molecule has 0 fully saturated rings. The van der Waals surface area contributed by atoms with Gasteiger partial charge in [-0.05, 0) is 43.5 Å². The molecule has 3 heteroatoms. The van der Waals surface area contributed by atoms with Crippen molar-refractivity contribution in [3.63, 3.8) is 0 Å². The minimum absolute atomic E-state index is 0.250. The van der Waals surface area contributed by atoms with Gasteiger partial charge in [-0.2, -0.15) is 0 Å². The molecule has 2 N–H and O–H groups in total. The summed E-state index contributed by atoms with van der Waals surface area (Å²) < 4.78 is 0. The Morgan fingerprint density at radius 3 is 2.94 bits per heavy atom. The summed E-state index contributed by atoms with van der Waals surface area (Å²) in [6, 6.07) is 6.11. The third-order valence-corrected chi connectivity index (χ3v) is 3.58. The fourth-order valence-electron chi connectivity index (χ4n) is 2.68. The fourth-order valence-corrected chi connectivity index (χ4v) is 2.68. The highest BCUT2D eigenvalue weighted by Gasteiger charge is 2.30. The summed E-state index contributed by atoms with van der Waals surface area (Å²) in [6.07, 6.45) is 4.84. The minimum atomic E-state index is 0.250. The number of nitrogen functional groups attached to an aromatic ring is 1. The van der Waals surface area contributed by atoms with Gasteiger partial charge in [0.05, 0.1) is 0 Å². The largest absolute Gasteiger partial charge is 0.399 e. The second-order valence-electron chi connectivity index (χ2n) is 5.16. The number of amides is 1. The minimum Gasteiger partial charge on any atom is -0.399 e. The topological polar surface area (TPSA) is 46.3 Å². The van der Waals surface area contributed by atoms with Crippen LogP contribution in [0.2, 0.25) is 0 Å². The van der Waals surface area contributed by atoms with Crippen molar-refractivity contribution >= 4 is 17.3 Å². The van der Waals surface area contributed by atoms with Gasteiger partial charge in [0.15, 0.2) is 0 Å². The maximum absolute atomic E-state index is 12.3. The van der Waals surface area contributed by atoms with Crippen LogP contribution in [0, 0.1) is 0 Å². The van der Waals surface area contributed by atoms with E-state index in [1.54, 1.807) is 0 Å². The summed E-state index contributed by atoms with van der Waals surface area (Å²) in [5, 5.41) is 0. The van der Waals surface area contributed by atoms with Crippen LogP contribution in [0.4, 0.5) is 11.4 Å². The zero-order valence-corrected chi connectivity index (χ0v) is 11.3. The van der Waals surface area contributed by atoms with E-state index in [1.807, 2.05) is 23.1 Å². The van der Waals surface area contributed by atoms with Crippen molar-refractivity contribution in [2.75, 3.05) is 10.6 Å². The molecule has 0 spiro atoms. The quantitative estimate of drug-likeness (QED) is 0.655. The van der Waals surface area contributed by atoms with Crippen LogP contribution in [0.25, 0.3) is 0 Å². The first-order chi connectivity index (χ1) is 8.63. The van der Waals surface area contributed by atoms with E-state index in [0.29, 0.717) is 6.42 Å². The number of carbonyl (C=O) groups excluding carboxylic acids is 1. The molecule has 18 heavy (non-hydrogen) atoms. The van der Waals surface area contributed by atoms with Gasteiger partial charge >= 0.3 is 0 Å². The van der Waals surface area contributed by atoms with Gasteiger partial charge in [0.1, 0.15) is 0 Å². The Kier molecular flexibility index (Phi) is 3.90. The van der Waals surface area contributed by atoms with Crippen molar-refractivity contribution in [1.29, 1.82) is 0 Å². The Bertz CT molecular complexity index is 442. The average molecular weight is 246 g/mol. The number of anilines is 2. The third kappa shape index (κ3) is 2.50. The Labute approximate surface area is 109 Å². The summed E-state index contributed by atoms with van der Waals surface area (Å²) in [5.74, 6) is 0.250. The number of carbonyl (C=O) groups is 1. The SMILES string of the molecule is CCCCCC(=O)N1c2ccc(N)cc2CC1C. The first kappa shape index (κ1) is 12.9. The van der Waals surface area contributed by atoms with Crippen LogP contribution in [0.1, 0.15) is 45.1 Å². The number of rotatable bonds is 4. The predicted molar refractivity (Wildman–Crippen MR) is 75.6 cm³/mol. The van der Waals surface area contributed by atoms with E-state index < -0.39 is 0 Å². The molecule has 1 atom stereocenters. The zero-order chi connectivity index (χ0) is 13.1. The molecule has 3 nitrogen and oxygen atoms in total. The fraction of sp³-hybridized carbons (Fsp3) is 0.533. The van der Waals surface area contributed by atoms with Crippen LogP contribution in [0.3, 0.4) is 0 Å². The van der Waals surface area contributed by atoms with Crippen LogP contribution in [-0.2, 0) is 11.2 Å². The molecular formula is C15H22N2O. The maximum Gasteiger partial charge on any atom is 0.227 e. The van der Waals surface area contributed by atoms with Gasteiger partial charge in [0.25, 0.3) is 0 Å². The molecule has 1 amide bonds. The molecule has 98 valence electrons. The highest BCUT2D eigenvalue weighted by molar-refractivity contribution is 5.96. The lowest BCUT2D eigenvalue weighted by Crippen LogP contribution is -2.35. The molecule has 1 aromatic carbocycles. The van der Waals surface area contributed by atoms with E-state index in [0.717, 1.165) is 37.1 Å². The number of benzene rings is 1. The van der Waals surface area contributed by atoms with Crippen molar-refractivity contribution in [2.45, 2.75) is 52.0 Å². The number of hydrogen-bond donors (Lipinski definition) is 1. The van der Waals surface area contributed by atoms with Crippen LogP contribution in [0.5, 0.6) is 0 Å². The highest BCUT2D eigenvalue weighted by Crippen LogP contribution is 2.34. The van der Waals surface area contributed by atoms with Crippen LogP contribution in [0.15, 0.2) is 18.2 Å². The second kappa shape index (κ2) is 5.42. The van der Waals surface area contributed by atoms with Crippen LogP contribution >= 0.6 is 0 Å². The normalized spacial score (nSPS) is 17.9. The monoisotopic (exact) mass is 246 g/mol. The summed E-state index contributed by atoms with van der Waals surface area (Å²) in [4.78, 5) is 14.2. The van der Waals surface area contributed by atoms with Gasteiger partial charge in [0, 0.05) is 23.8 Å². The molecule has 0 aliphatic carbocycles. The lowest BCUT2D eigenvalue weighted by Gasteiger charge is -2.22. The van der Waals surface area contributed by atoms with Crippen molar-refractivity contribution in [2.24, 2.45) is 0 Å². The van der Waals surface area contributed by atoms with E-state index in [9.17, 15) is 4.79 Å². The summed E-state index contributed by atoms with van der Waals surface area (Å²) in [6.45, 7) is 4.26. The molecule has 0 saturated heterocycles. The number of hydrogen-bond acceptors (Lipinski definition) is 2. The number of nitrogens with zero attached hydrogens (tertiary/aromatic N) is 1. The van der Waals surface area contributed by atoms with Crippen molar-refractivity contribution < 1.29 is 4.79 Å². The van der Waals surface area contributed by atoms with E-state index in [-0.39, 0.29) is 11.9 Å². The molecule has 1 unspecified atom stereocenters. The molecule has 1 aliphatic rings. The van der Waals surface area contributed by atoms with Crippen molar-refractivity contribution in [3.8, 4) is 0 Å². The van der Waals surface area contributed by atoms with Crippen molar-refractivity contribution in [1.82, 2.24) is 0 Å². The van der Waals surface area contributed by atoms with Crippen molar-refractivity contribution in [3.05, 3.63) is 23.8 Å². The standard InChI is InChI=1S/C15H22N2O/c1-3-4-5-6-15(18)17-11(2)9-12-10-13(16)7-8-14(12)17/h7-8,10-11H,3-6,9,16H2,1-2H3. The molecular weight excluding hydrogens is 224 g/mol. The second-order valence-corrected chi connectivity index (χ2v) is 5.16. The Morgan fingerprint density at radius 1 is 1.44 bits per heavy atom. The Hall–Kier alpha value is -1.51. The first-order valence-electron chi connectivity index (χ1n) is 6.84. The molecule has 0 bridgehead atoms. The first-order valence-corrected chi connectivity index (χ1v) is 6.84. The summed E-state index contributed by atoms with van der Waals surface area (Å²) >= 11 is 0. The van der Waals surface area contributed by atoms with Crippen LogP contribution in [-0.4, -0.2) is 11.9 Å². The number of nitrogens with two attached hydrogens (primary N) is 1. The lowest BCUT2D eigenvalue weighted by atomic mass is 10.1. The molecule has 0 saturated carbocycles. The summed E-state index contributed by atoms with van der Waals surface area (Å²) in [7, 11) is 0. The smallest absolute Gasteiger partial charge is 0.227 e. The zero-order valence-electron chi connectivity index (χ0n) is 11.3. The van der Waals surface area contributed by atoms with Gasteiger partial charge in [-0.15, -0.1) is 0 Å². The molecule has 1 aliphatic heterocycles. The molecule has 0 radical (unpaired) electrons. The van der Waals surface area contributed by atoms with Gasteiger partial charge < -0.3 is 10.6 Å². The lowest BCUT2D eigenvalue weighted by molar-refractivity contribution is -0.119. The summed E-state index contributed by atoms with van der Waals surface area (Å²) in [5.41, 5.74) is 8.83. The van der Waals surface area contributed by atoms with E-state index in [2.05, 4.69) is 13.8 Å². The van der Waals surface area contributed by atoms with Crippen LogP contribution < -0.4 is 10.6 Å². The molecule has 1 aromatic rings.